The molecule has 0 radical (unpaired) electrons. The SMILES string of the molecule is CCc1ccc(C2CCN2)c(O)c1. The Bertz CT molecular complexity index is 305. The van der Waals surface area contributed by atoms with Crippen LogP contribution in [0.3, 0.4) is 0 Å². The number of rotatable bonds is 2. The van der Waals surface area contributed by atoms with Crippen molar-refractivity contribution in [3.05, 3.63) is 29.3 Å². The first-order valence-corrected chi connectivity index (χ1v) is 4.86. The minimum absolute atomic E-state index is 0.380. The molecule has 0 saturated carbocycles. The molecule has 2 nitrogen and oxygen atoms in total. The van der Waals surface area contributed by atoms with Crippen LogP contribution in [0.25, 0.3) is 0 Å². The minimum atomic E-state index is 0.380. The number of hydrogen-bond acceptors (Lipinski definition) is 2. The summed E-state index contributed by atoms with van der Waals surface area (Å²) in [5, 5.41) is 13.0. The molecule has 13 heavy (non-hydrogen) atoms. The van der Waals surface area contributed by atoms with Crippen LogP contribution in [0.15, 0.2) is 18.2 Å². The highest BCUT2D eigenvalue weighted by Gasteiger charge is 2.20. The Kier molecular flexibility index (Phi) is 2.23. The van der Waals surface area contributed by atoms with E-state index in [4.69, 9.17) is 0 Å². The van der Waals surface area contributed by atoms with Gasteiger partial charge in [-0.2, -0.15) is 0 Å². The van der Waals surface area contributed by atoms with Gasteiger partial charge in [0.15, 0.2) is 0 Å². The van der Waals surface area contributed by atoms with Crippen molar-refractivity contribution in [2.45, 2.75) is 25.8 Å². The Morgan fingerprint density at radius 1 is 1.54 bits per heavy atom. The third kappa shape index (κ3) is 1.54. The molecule has 2 rings (SSSR count). The summed E-state index contributed by atoms with van der Waals surface area (Å²) in [6.07, 6.45) is 2.12. The molecule has 70 valence electrons. The lowest BCUT2D eigenvalue weighted by Gasteiger charge is -2.28. The van der Waals surface area contributed by atoms with E-state index in [1.54, 1.807) is 0 Å². The van der Waals surface area contributed by atoms with E-state index in [0.717, 1.165) is 24.9 Å². The molecular formula is C11H15NO. The second-order valence-electron chi connectivity index (χ2n) is 3.54. The molecule has 1 aromatic rings. The van der Waals surface area contributed by atoms with Gasteiger partial charge < -0.3 is 10.4 Å². The van der Waals surface area contributed by atoms with Crippen molar-refractivity contribution in [1.29, 1.82) is 0 Å². The van der Waals surface area contributed by atoms with Crippen LogP contribution in [0, 0.1) is 0 Å². The van der Waals surface area contributed by atoms with Crippen LogP contribution in [0.1, 0.15) is 30.5 Å². The smallest absolute Gasteiger partial charge is 0.120 e. The second-order valence-corrected chi connectivity index (χ2v) is 3.54. The predicted octanol–water partition coefficient (Wildman–Crippen LogP) is 1.99. The Morgan fingerprint density at radius 3 is 2.77 bits per heavy atom. The monoisotopic (exact) mass is 177 g/mol. The van der Waals surface area contributed by atoms with Gasteiger partial charge in [-0.3, -0.25) is 0 Å². The van der Waals surface area contributed by atoms with Gasteiger partial charge in [0, 0.05) is 11.6 Å². The van der Waals surface area contributed by atoms with Crippen molar-refractivity contribution in [2.24, 2.45) is 0 Å². The van der Waals surface area contributed by atoms with Gasteiger partial charge in [-0.15, -0.1) is 0 Å². The molecular weight excluding hydrogens is 162 g/mol. The van der Waals surface area contributed by atoms with Gasteiger partial charge in [0.25, 0.3) is 0 Å². The summed E-state index contributed by atoms with van der Waals surface area (Å²) in [7, 11) is 0. The number of nitrogens with one attached hydrogen (secondary N) is 1. The fourth-order valence-electron chi connectivity index (χ4n) is 1.66. The normalized spacial score (nSPS) is 21.2. The summed E-state index contributed by atoms with van der Waals surface area (Å²) >= 11 is 0. The predicted molar refractivity (Wildman–Crippen MR) is 52.8 cm³/mol. The minimum Gasteiger partial charge on any atom is -0.508 e. The third-order valence-corrected chi connectivity index (χ3v) is 2.70. The van der Waals surface area contributed by atoms with E-state index in [9.17, 15) is 5.11 Å². The highest BCUT2D eigenvalue weighted by molar-refractivity contribution is 5.39. The zero-order chi connectivity index (χ0) is 9.26. The van der Waals surface area contributed by atoms with Crippen LogP contribution >= 0.6 is 0 Å². The molecule has 1 aromatic carbocycles. The number of phenolic OH excluding ortho intramolecular Hbond substituents is 1. The van der Waals surface area contributed by atoms with E-state index in [1.165, 1.54) is 5.56 Å². The topological polar surface area (TPSA) is 32.3 Å². The van der Waals surface area contributed by atoms with E-state index in [2.05, 4.69) is 18.3 Å². The zero-order valence-electron chi connectivity index (χ0n) is 7.88. The summed E-state index contributed by atoms with van der Waals surface area (Å²) in [4.78, 5) is 0. The fourth-order valence-corrected chi connectivity index (χ4v) is 1.66. The molecule has 2 heteroatoms. The van der Waals surface area contributed by atoms with Crippen molar-refractivity contribution >= 4 is 0 Å². The van der Waals surface area contributed by atoms with Crippen LogP contribution < -0.4 is 5.32 Å². The van der Waals surface area contributed by atoms with Crippen molar-refractivity contribution < 1.29 is 5.11 Å². The number of aryl methyl sites for hydroxylation is 1. The molecule has 0 bridgehead atoms. The van der Waals surface area contributed by atoms with Crippen molar-refractivity contribution in [3.8, 4) is 5.75 Å². The maximum absolute atomic E-state index is 9.72. The lowest BCUT2D eigenvalue weighted by molar-refractivity contribution is 0.364. The van der Waals surface area contributed by atoms with Gasteiger partial charge in [-0.1, -0.05) is 19.1 Å². The first kappa shape index (κ1) is 8.57. The Morgan fingerprint density at radius 2 is 2.31 bits per heavy atom. The molecule has 1 aliphatic heterocycles. The average molecular weight is 177 g/mol. The summed E-state index contributed by atoms with van der Waals surface area (Å²) < 4.78 is 0. The summed E-state index contributed by atoms with van der Waals surface area (Å²) in [6.45, 7) is 3.16. The van der Waals surface area contributed by atoms with E-state index < -0.39 is 0 Å². The van der Waals surface area contributed by atoms with Crippen molar-refractivity contribution in [3.63, 3.8) is 0 Å². The van der Waals surface area contributed by atoms with Crippen LogP contribution in [0.4, 0.5) is 0 Å². The van der Waals surface area contributed by atoms with Gasteiger partial charge in [0.05, 0.1) is 0 Å². The highest BCUT2D eigenvalue weighted by Crippen LogP contribution is 2.30. The Labute approximate surface area is 78.6 Å². The first-order chi connectivity index (χ1) is 6.31. The van der Waals surface area contributed by atoms with Crippen LogP contribution in [-0.2, 0) is 6.42 Å². The van der Waals surface area contributed by atoms with E-state index in [-0.39, 0.29) is 0 Å². The lowest BCUT2D eigenvalue weighted by Crippen LogP contribution is -2.34. The molecule has 1 unspecified atom stereocenters. The quantitative estimate of drug-likeness (QED) is 0.724. The van der Waals surface area contributed by atoms with Crippen molar-refractivity contribution in [1.82, 2.24) is 5.32 Å². The van der Waals surface area contributed by atoms with Gasteiger partial charge in [-0.05, 0) is 31.0 Å². The van der Waals surface area contributed by atoms with Gasteiger partial charge in [0.2, 0.25) is 0 Å². The molecule has 2 N–H and O–H groups in total. The maximum atomic E-state index is 9.72. The summed E-state index contributed by atoms with van der Waals surface area (Å²) in [5.41, 5.74) is 2.24. The molecule has 1 aliphatic rings. The maximum Gasteiger partial charge on any atom is 0.120 e. The van der Waals surface area contributed by atoms with E-state index in [0.29, 0.717) is 11.8 Å². The zero-order valence-corrected chi connectivity index (χ0v) is 7.88. The molecule has 0 aliphatic carbocycles. The number of hydrogen-bond donors (Lipinski definition) is 2. The fraction of sp³-hybridized carbons (Fsp3) is 0.455. The molecule has 1 saturated heterocycles. The third-order valence-electron chi connectivity index (χ3n) is 2.70. The average Bonchev–Trinajstić information content (AvgIpc) is 2.05. The molecule has 0 spiro atoms. The van der Waals surface area contributed by atoms with Crippen LogP contribution in [-0.4, -0.2) is 11.7 Å². The highest BCUT2D eigenvalue weighted by atomic mass is 16.3. The molecule has 1 atom stereocenters. The Balaban J connectivity index is 2.26. The first-order valence-electron chi connectivity index (χ1n) is 4.86. The van der Waals surface area contributed by atoms with Crippen molar-refractivity contribution in [2.75, 3.05) is 6.54 Å². The van der Waals surface area contributed by atoms with Gasteiger partial charge in [-0.25, -0.2) is 0 Å². The second kappa shape index (κ2) is 3.38. The number of benzene rings is 1. The molecule has 0 amide bonds. The van der Waals surface area contributed by atoms with E-state index in [1.807, 2.05) is 12.1 Å². The lowest BCUT2D eigenvalue weighted by atomic mass is 9.95. The molecule has 1 heterocycles. The largest absolute Gasteiger partial charge is 0.508 e. The Hall–Kier alpha value is -1.02. The summed E-state index contributed by atoms with van der Waals surface area (Å²) in [5.74, 6) is 0.441. The standard InChI is InChI=1S/C11H15NO/c1-2-8-3-4-9(11(13)7-8)10-5-6-12-10/h3-4,7,10,12-13H,2,5-6H2,1H3. The number of phenols is 1. The van der Waals surface area contributed by atoms with Gasteiger partial charge >= 0.3 is 0 Å². The number of aromatic hydroxyl groups is 1. The summed E-state index contributed by atoms with van der Waals surface area (Å²) in [6, 6.07) is 6.38. The van der Waals surface area contributed by atoms with E-state index >= 15 is 0 Å². The van der Waals surface area contributed by atoms with Gasteiger partial charge in [0.1, 0.15) is 5.75 Å². The molecule has 0 aromatic heterocycles. The molecule has 1 fully saturated rings. The van der Waals surface area contributed by atoms with Crippen LogP contribution in [0.2, 0.25) is 0 Å². The van der Waals surface area contributed by atoms with Crippen LogP contribution in [0.5, 0.6) is 5.75 Å².